The maximum absolute atomic E-state index is 12.9. The number of benzene rings is 1. The van der Waals surface area contributed by atoms with E-state index < -0.39 is 29.3 Å². The Labute approximate surface area is 162 Å². The summed E-state index contributed by atoms with van der Waals surface area (Å²) < 4.78 is 49.9. The lowest BCUT2D eigenvalue weighted by molar-refractivity contribution is 0.00368. The molecule has 0 unspecified atom stereocenters. The van der Waals surface area contributed by atoms with E-state index in [4.69, 9.17) is 0 Å². The first-order valence-corrected chi connectivity index (χ1v) is 12.6. The van der Waals surface area contributed by atoms with Crippen molar-refractivity contribution < 1.29 is 21.6 Å². The van der Waals surface area contributed by atoms with E-state index in [1.54, 1.807) is 6.07 Å². The van der Waals surface area contributed by atoms with Gasteiger partial charge in [0.05, 0.1) is 10.1 Å². The molecule has 0 saturated heterocycles. The Morgan fingerprint density at radius 1 is 1.00 bits per heavy atom. The van der Waals surface area contributed by atoms with Crippen molar-refractivity contribution in [3.63, 3.8) is 0 Å². The van der Waals surface area contributed by atoms with Crippen LogP contribution in [-0.4, -0.2) is 31.3 Å². The Balaban J connectivity index is 2.08. The molecule has 27 heavy (non-hydrogen) atoms. The van der Waals surface area contributed by atoms with Crippen molar-refractivity contribution in [2.45, 2.75) is 74.9 Å². The molecular formula is C19H28N2O4S2. The van der Waals surface area contributed by atoms with Gasteiger partial charge in [0, 0.05) is 0 Å². The van der Waals surface area contributed by atoms with Gasteiger partial charge in [0.2, 0.25) is 0 Å². The number of sulfone groups is 2. The summed E-state index contributed by atoms with van der Waals surface area (Å²) in [5.74, 6) is 0.494. The average Bonchev–Trinajstić information content (AvgIpc) is 2.66. The summed E-state index contributed by atoms with van der Waals surface area (Å²) in [6.45, 7) is 2.17. The average molecular weight is 413 g/mol. The van der Waals surface area contributed by atoms with Gasteiger partial charge < -0.3 is 5.53 Å². The van der Waals surface area contributed by atoms with Crippen LogP contribution in [0.2, 0.25) is 0 Å². The monoisotopic (exact) mass is 412 g/mol. The van der Waals surface area contributed by atoms with E-state index in [0.717, 1.165) is 25.7 Å². The van der Waals surface area contributed by atoms with E-state index >= 15 is 0 Å². The molecule has 0 heterocycles. The van der Waals surface area contributed by atoms with Crippen molar-refractivity contribution in [3.8, 4) is 0 Å². The van der Waals surface area contributed by atoms with Gasteiger partial charge in [-0.1, -0.05) is 57.2 Å². The largest absolute Gasteiger partial charge is 0.499 e. The summed E-state index contributed by atoms with van der Waals surface area (Å²) in [6.07, 6.45) is 8.19. The van der Waals surface area contributed by atoms with E-state index in [9.17, 15) is 22.4 Å². The fourth-order valence-electron chi connectivity index (χ4n) is 3.70. The van der Waals surface area contributed by atoms with Crippen LogP contribution in [0.25, 0.3) is 5.53 Å². The second kappa shape index (κ2) is 9.62. The number of unbranched alkanes of at least 4 members (excludes halogenated alkanes) is 3. The van der Waals surface area contributed by atoms with Crippen LogP contribution in [0.3, 0.4) is 0 Å². The molecule has 0 aromatic heterocycles. The van der Waals surface area contributed by atoms with Gasteiger partial charge in [-0.05, 0) is 43.7 Å². The zero-order valence-corrected chi connectivity index (χ0v) is 17.4. The topological polar surface area (TPSA) is 105 Å². The minimum Gasteiger partial charge on any atom is -0.359 e. The van der Waals surface area contributed by atoms with Crippen LogP contribution in [-0.2, 0) is 19.7 Å². The molecule has 0 N–H and O–H groups in total. The van der Waals surface area contributed by atoms with E-state index in [0.29, 0.717) is 18.8 Å². The standard InChI is InChI=1S/C19H28N2O4S2/c1-2-3-4-6-9-16-12-14-18(15-13-16)27(24,25)19(21-20)26(22,23)17-10-7-5-8-11-17/h5,7-8,10-11,16,18H,2-4,6,9,12-15H2,1H3. The smallest absolute Gasteiger partial charge is 0.359 e. The van der Waals surface area contributed by atoms with Gasteiger partial charge in [-0.2, -0.15) is 0 Å². The summed E-state index contributed by atoms with van der Waals surface area (Å²) in [5.41, 5.74) is 9.24. The molecule has 1 aromatic carbocycles. The third kappa shape index (κ3) is 5.27. The first-order chi connectivity index (χ1) is 12.8. The van der Waals surface area contributed by atoms with Crippen LogP contribution in [0.5, 0.6) is 0 Å². The van der Waals surface area contributed by atoms with Crippen LogP contribution in [0, 0.1) is 5.92 Å². The highest BCUT2D eigenvalue weighted by Crippen LogP contribution is 2.33. The van der Waals surface area contributed by atoms with Gasteiger partial charge in [-0.25, -0.2) is 16.8 Å². The molecule has 0 bridgehead atoms. The van der Waals surface area contributed by atoms with Crippen molar-refractivity contribution in [3.05, 3.63) is 35.9 Å². The van der Waals surface area contributed by atoms with Crippen LogP contribution >= 0.6 is 0 Å². The van der Waals surface area contributed by atoms with Crippen LogP contribution in [0.4, 0.5) is 0 Å². The molecule has 1 aliphatic rings. The maximum Gasteiger partial charge on any atom is 0.499 e. The first-order valence-electron chi connectivity index (χ1n) is 9.60. The molecule has 150 valence electrons. The number of rotatable bonds is 7. The van der Waals surface area contributed by atoms with Gasteiger partial charge in [0.25, 0.3) is 19.7 Å². The summed E-state index contributed by atoms with van der Waals surface area (Å²) >= 11 is 0. The molecule has 0 radical (unpaired) electrons. The third-order valence-electron chi connectivity index (χ3n) is 5.31. The summed E-state index contributed by atoms with van der Waals surface area (Å²) in [5, 5.41) is -0.811. The summed E-state index contributed by atoms with van der Waals surface area (Å²) in [6, 6.07) is 7.22. The minimum absolute atomic E-state index is 0.189. The van der Waals surface area contributed by atoms with Gasteiger partial charge in [-0.15, -0.1) is 4.79 Å². The van der Waals surface area contributed by atoms with Crippen molar-refractivity contribution in [1.82, 2.24) is 0 Å². The van der Waals surface area contributed by atoms with E-state index in [1.165, 1.54) is 43.5 Å². The lowest BCUT2D eigenvalue weighted by Gasteiger charge is -2.27. The fraction of sp³-hybridized carbons (Fsp3) is 0.632. The summed E-state index contributed by atoms with van der Waals surface area (Å²) in [7, 11) is -8.60. The molecule has 0 amide bonds. The Bertz CT molecular complexity index is 866. The van der Waals surface area contributed by atoms with Crippen molar-refractivity contribution in [2.75, 3.05) is 0 Å². The van der Waals surface area contributed by atoms with E-state index in [1.807, 2.05) is 0 Å². The Morgan fingerprint density at radius 3 is 2.19 bits per heavy atom. The fourth-order valence-corrected chi connectivity index (χ4v) is 7.73. The maximum atomic E-state index is 12.9. The summed E-state index contributed by atoms with van der Waals surface area (Å²) in [4.78, 5) is 2.52. The molecule has 0 aliphatic heterocycles. The van der Waals surface area contributed by atoms with Crippen molar-refractivity contribution in [2.24, 2.45) is 5.92 Å². The second-order valence-corrected chi connectivity index (χ2v) is 11.5. The molecule has 2 rings (SSSR count). The van der Waals surface area contributed by atoms with Crippen molar-refractivity contribution in [1.29, 1.82) is 0 Å². The Morgan fingerprint density at radius 2 is 1.63 bits per heavy atom. The Hall–Kier alpha value is -1.50. The van der Waals surface area contributed by atoms with E-state index in [-0.39, 0.29) is 4.90 Å². The molecular weight excluding hydrogens is 384 g/mol. The van der Waals surface area contributed by atoms with Gasteiger partial charge in [-0.3, -0.25) is 0 Å². The third-order valence-corrected chi connectivity index (χ3v) is 10.0. The number of nitrogens with zero attached hydrogens (tertiary/aromatic N) is 2. The number of hydrogen-bond donors (Lipinski definition) is 0. The zero-order valence-electron chi connectivity index (χ0n) is 15.7. The molecule has 8 heteroatoms. The SMILES string of the molecule is CCCCCCC1CCC(S(=O)(=O)C(=[N+]=[N-])S(=O)(=O)c2ccccc2)CC1. The first kappa shape index (κ1) is 21.8. The van der Waals surface area contributed by atoms with Gasteiger partial charge in [0.1, 0.15) is 0 Å². The molecule has 6 nitrogen and oxygen atoms in total. The normalized spacial score (nSPS) is 20.8. The molecule has 1 aliphatic carbocycles. The highest BCUT2D eigenvalue weighted by Gasteiger charge is 2.47. The second-order valence-electron chi connectivity index (χ2n) is 7.22. The predicted octanol–water partition coefficient (Wildman–Crippen LogP) is 3.99. The van der Waals surface area contributed by atoms with Crippen LogP contribution < -0.4 is 0 Å². The molecule has 0 spiro atoms. The number of hydrogen-bond acceptors (Lipinski definition) is 4. The minimum atomic E-state index is -4.38. The molecule has 1 aromatic rings. The van der Waals surface area contributed by atoms with Crippen molar-refractivity contribution >= 4 is 24.1 Å². The molecule has 1 saturated carbocycles. The molecule has 0 atom stereocenters. The highest BCUT2D eigenvalue weighted by molar-refractivity contribution is 8.31. The zero-order chi connectivity index (χ0) is 19.9. The predicted molar refractivity (Wildman–Crippen MR) is 106 cm³/mol. The quantitative estimate of drug-likeness (QED) is 0.222. The van der Waals surface area contributed by atoms with E-state index in [2.05, 4.69) is 11.7 Å². The lowest BCUT2D eigenvalue weighted by Crippen LogP contribution is -2.36. The Kier molecular flexibility index (Phi) is 7.77. The highest BCUT2D eigenvalue weighted by atomic mass is 32.3. The van der Waals surface area contributed by atoms with Gasteiger partial charge in [0.15, 0.2) is 0 Å². The van der Waals surface area contributed by atoms with Crippen LogP contribution in [0.15, 0.2) is 35.2 Å². The molecule has 1 fully saturated rings. The van der Waals surface area contributed by atoms with Crippen LogP contribution in [0.1, 0.15) is 64.7 Å². The lowest BCUT2D eigenvalue weighted by atomic mass is 9.85. The van der Waals surface area contributed by atoms with Gasteiger partial charge >= 0.3 is 4.38 Å².